The van der Waals surface area contributed by atoms with Gasteiger partial charge in [-0.2, -0.15) is 4.31 Å². The van der Waals surface area contributed by atoms with Gasteiger partial charge in [0, 0.05) is 31.1 Å². The SMILES string of the molecule is Cc1ccc(S(=O)(=O)N2Cc3ccc(-c4ccc5c(=O)c(C(=O)O)cn([C@@H]6C[C@@H]6F)c5c4C)cc3C2)cc1. The van der Waals surface area contributed by atoms with Crippen LogP contribution < -0.4 is 5.43 Å². The second-order valence-electron chi connectivity index (χ2n) is 10.1. The van der Waals surface area contributed by atoms with Crippen molar-refractivity contribution in [2.75, 3.05) is 0 Å². The highest BCUT2D eigenvalue weighted by atomic mass is 32.2. The lowest BCUT2D eigenvalue weighted by Gasteiger charge is -2.17. The van der Waals surface area contributed by atoms with Gasteiger partial charge in [0.25, 0.3) is 0 Å². The summed E-state index contributed by atoms with van der Waals surface area (Å²) in [6, 6.07) is 15.4. The number of aromatic carboxylic acids is 1. The molecule has 4 aromatic rings. The number of pyridine rings is 1. The number of benzene rings is 3. The summed E-state index contributed by atoms with van der Waals surface area (Å²) in [5.74, 6) is -1.34. The predicted octanol–water partition coefficient (Wildman–Crippen LogP) is 4.97. The molecule has 9 heteroatoms. The van der Waals surface area contributed by atoms with E-state index in [1.165, 1.54) is 10.5 Å². The van der Waals surface area contributed by atoms with Crippen LogP contribution in [0.1, 0.15) is 45.1 Å². The Labute approximate surface area is 218 Å². The van der Waals surface area contributed by atoms with Crippen LogP contribution in [0.15, 0.2) is 70.5 Å². The van der Waals surface area contributed by atoms with Gasteiger partial charge >= 0.3 is 5.97 Å². The van der Waals surface area contributed by atoms with E-state index in [2.05, 4.69) is 0 Å². The Hall–Kier alpha value is -3.82. The van der Waals surface area contributed by atoms with Gasteiger partial charge in [0.05, 0.1) is 16.5 Å². The fourth-order valence-electron chi connectivity index (χ4n) is 5.35. The molecule has 1 fully saturated rings. The molecule has 3 aromatic carbocycles. The quantitative estimate of drug-likeness (QED) is 0.392. The van der Waals surface area contributed by atoms with Gasteiger partial charge in [-0.1, -0.05) is 35.9 Å². The van der Waals surface area contributed by atoms with E-state index in [0.717, 1.165) is 33.4 Å². The van der Waals surface area contributed by atoms with Gasteiger partial charge in [0.15, 0.2) is 0 Å². The smallest absolute Gasteiger partial charge is 0.341 e. The molecule has 1 N–H and O–H groups in total. The topological polar surface area (TPSA) is 96.7 Å². The first-order chi connectivity index (χ1) is 18.1. The summed E-state index contributed by atoms with van der Waals surface area (Å²) in [6.45, 7) is 4.26. The molecule has 1 aromatic heterocycles. The number of sulfonamides is 1. The maximum atomic E-state index is 14.1. The molecule has 0 amide bonds. The van der Waals surface area contributed by atoms with Crippen molar-refractivity contribution in [1.29, 1.82) is 0 Å². The summed E-state index contributed by atoms with van der Waals surface area (Å²) < 4.78 is 43.6. The van der Waals surface area contributed by atoms with Gasteiger partial charge in [-0.15, -0.1) is 0 Å². The van der Waals surface area contributed by atoms with Crippen LogP contribution in [0.3, 0.4) is 0 Å². The minimum atomic E-state index is -3.66. The molecule has 0 unspecified atom stereocenters. The maximum absolute atomic E-state index is 14.1. The van der Waals surface area contributed by atoms with E-state index in [1.807, 2.05) is 32.0 Å². The molecule has 0 saturated heterocycles. The molecule has 2 heterocycles. The molecule has 7 nitrogen and oxygen atoms in total. The van der Waals surface area contributed by atoms with Gasteiger partial charge in [0.1, 0.15) is 11.7 Å². The molecule has 194 valence electrons. The van der Waals surface area contributed by atoms with Crippen LogP contribution in [-0.2, 0) is 23.1 Å². The van der Waals surface area contributed by atoms with Crippen LogP contribution in [0.5, 0.6) is 0 Å². The number of carbonyl (C=O) groups is 1. The zero-order valence-electron chi connectivity index (χ0n) is 20.8. The van der Waals surface area contributed by atoms with E-state index >= 15 is 0 Å². The average Bonchev–Trinajstić information content (AvgIpc) is 3.44. The molecular formula is C29H25FN2O5S. The molecule has 2 aliphatic rings. The number of aryl methyl sites for hydroxylation is 2. The van der Waals surface area contributed by atoms with Crippen molar-refractivity contribution in [1.82, 2.24) is 8.87 Å². The van der Waals surface area contributed by atoms with Crippen LogP contribution in [0.25, 0.3) is 22.0 Å². The lowest BCUT2D eigenvalue weighted by molar-refractivity contribution is 0.0694. The third-order valence-corrected chi connectivity index (χ3v) is 9.39. The monoisotopic (exact) mass is 532 g/mol. The first kappa shape index (κ1) is 24.5. The fraction of sp³-hybridized carbons (Fsp3) is 0.241. The van der Waals surface area contributed by atoms with Crippen LogP contribution in [0.2, 0.25) is 0 Å². The van der Waals surface area contributed by atoms with E-state index in [-0.39, 0.29) is 35.4 Å². The van der Waals surface area contributed by atoms with E-state index in [9.17, 15) is 27.5 Å². The second kappa shape index (κ2) is 8.61. The number of nitrogens with zero attached hydrogens (tertiary/aromatic N) is 2. The molecule has 1 saturated carbocycles. The fourth-order valence-corrected chi connectivity index (χ4v) is 6.75. The van der Waals surface area contributed by atoms with Crippen molar-refractivity contribution in [3.05, 3.63) is 98.8 Å². The van der Waals surface area contributed by atoms with Gasteiger partial charge in [0.2, 0.25) is 15.5 Å². The minimum Gasteiger partial charge on any atom is -0.477 e. The van der Waals surface area contributed by atoms with Crippen molar-refractivity contribution in [2.24, 2.45) is 0 Å². The highest BCUT2D eigenvalue weighted by Crippen LogP contribution is 2.42. The minimum absolute atomic E-state index is 0.238. The van der Waals surface area contributed by atoms with Crippen LogP contribution >= 0.6 is 0 Å². The van der Waals surface area contributed by atoms with E-state index in [1.54, 1.807) is 41.0 Å². The molecule has 2 atom stereocenters. The van der Waals surface area contributed by atoms with E-state index in [0.29, 0.717) is 5.52 Å². The Morgan fingerprint density at radius 2 is 1.68 bits per heavy atom. The summed E-state index contributed by atoms with van der Waals surface area (Å²) in [7, 11) is -3.66. The summed E-state index contributed by atoms with van der Waals surface area (Å²) >= 11 is 0. The van der Waals surface area contributed by atoms with E-state index in [4.69, 9.17) is 0 Å². The lowest BCUT2D eigenvalue weighted by atomic mass is 9.94. The van der Waals surface area contributed by atoms with Crippen molar-refractivity contribution in [3.63, 3.8) is 0 Å². The molecule has 38 heavy (non-hydrogen) atoms. The van der Waals surface area contributed by atoms with Crippen LogP contribution in [0.4, 0.5) is 4.39 Å². The number of hydrogen-bond donors (Lipinski definition) is 1. The molecule has 0 bridgehead atoms. The maximum Gasteiger partial charge on any atom is 0.341 e. The van der Waals surface area contributed by atoms with Gasteiger partial charge < -0.3 is 9.67 Å². The second-order valence-corrected chi connectivity index (χ2v) is 12.0. The number of alkyl halides is 1. The van der Waals surface area contributed by atoms with Crippen molar-refractivity contribution in [2.45, 2.75) is 50.5 Å². The molecule has 1 aliphatic heterocycles. The number of aromatic nitrogens is 1. The highest BCUT2D eigenvalue weighted by molar-refractivity contribution is 7.89. The number of halogens is 1. The van der Waals surface area contributed by atoms with Crippen LogP contribution in [0, 0.1) is 13.8 Å². The Bertz CT molecular complexity index is 1810. The number of hydrogen-bond acceptors (Lipinski definition) is 4. The zero-order chi connectivity index (χ0) is 26.9. The third-order valence-electron chi connectivity index (χ3n) is 7.58. The standard InChI is InChI=1S/C29H25FN2O5S/c1-16-3-7-21(8-4-16)38(36,37)31-13-19-6-5-18(11-20(19)14-31)22-9-10-23-27(17(22)2)32(26-12-25(26)30)15-24(28(23)33)29(34)35/h3-11,15,25-26H,12-14H2,1-2H3,(H,34,35)/t25-,26+/m0/s1. The molecule has 1 aliphatic carbocycles. The third kappa shape index (κ3) is 3.85. The van der Waals surface area contributed by atoms with Crippen LogP contribution in [-0.4, -0.2) is 34.5 Å². The van der Waals surface area contributed by atoms with Crippen molar-refractivity contribution < 1.29 is 22.7 Å². The average molecular weight is 533 g/mol. The highest BCUT2D eigenvalue weighted by Gasteiger charge is 2.40. The lowest BCUT2D eigenvalue weighted by Crippen LogP contribution is -2.25. The Kier molecular flexibility index (Phi) is 5.55. The largest absolute Gasteiger partial charge is 0.477 e. The predicted molar refractivity (Wildman–Crippen MR) is 142 cm³/mol. The number of rotatable bonds is 5. The number of carboxylic acids is 1. The summed E-state index contributed by atoms with van der Waals surface area (Å²) in [5.41, 5.74) is 4.73. The number of fused-ring (bicyclic) bond motifs is 2. The summed E-state index contributed by atoms with van der Waals surface area (Å²) in [6.07, 6.45) is 0.432. The Balaban J connectivity index is 1.41. The Morgan fingerprint density at radius 3 is 2.34 bits per heavy atom. The van der Waals surface area contributed by atoms with Crippen molar-refractivity contribution in [3.8, 4) is 11.1 Å². The Morgan fingerprint density at radius 1 is 1.00 bits per heavy atom. The first-order valence-corrected chi connectivity index (χ1v) is 13.7. The summed E-state index contributed by atoms with van der Waals surface area (Å²) in [4.78, 5) is 24.8. The normalized spacial score (nSPS) is 19.0. The molecule has 6 rings (SSSR count). The van der Waals surface area contributed by atoms with E-state index < -0.39 is 33.6 Å². The van der Waals surface area contributed by atoms with Gasteiger partial charge in [-0.25, -0.2) is 17.6 Å². The zero-order valence-corrected chi connectivity index (χ0v) is 21.6. The van der Waals surface area contributed by atoms with Gasteiger partial charge in [-0.3, -0.25) is 4.79 Å². The first-order valence-electron chi connectivity index (χ1n) is 12.3. The summed E-state index contributed by atoms with van der Waals surface area (Å²) in [5, 5.41) is 9.76. The number of carboxylic acid groups (broad SMARTS) is 1. The van der Waals surface area contributed by atoms with Gasteiger partial charge in [-0.05, 0) is 65.9 Å². The molecule has 0 radical (unpaired) electrons. The van der Waals surface area contributed by atoms with Crippen molar-refractivity contribution >= 4 is 26.9 Å². The molecule has 0 spiro atoms. The molecular weight excluding hydrogens is 507 g/mol.